The Morgan fingerprint density at radius 2 is 1.71 bits per heavy atom. The van der Waals surface area contributed by atoms with Crippen LogP contribution in [0, 0.1) is 0 Å². The van der Waals surface area contributed by atoms with Crippen LogP contribution in [0.1, 0.15) is 12.6 Å². The van der Waals surface area contributed by atoms with Crippen molar-refractivity contribution in [3.63, 3.8) is 0 Å². The first-order valence-corrected chi connectivity index (χ1v) is 10.1. The van der Waals surface area contributed by atoms with E-state index in [1.54, 1.807) is 53.9 Å². The van der Waals surface area contributed by atoms with Crippen molar-refractivity contribution in [1.82, 2.24) is 4.98 Å². The summed E-state index contributed by atoms with van der Waals surface area (Å²) in [6.07, 6.45) is 0.0384. The molecule has 0 spiro atoms. The standard InChI is InChI=1S/C21H21N5O4S/c1-13(27)22-14-6-5-7-15(10-14)23-19(28)11-16-12-31-21(24-16)26-20(29)25-17-8-3-4-9-18(17)30-2/h3-10,12H,11H2,1-2H3,(H,22,27)(H,23,28)(H2,24,25,26,29). The van der Waals surface area contributed by atoms with Gasteiger partial charge in [0.05, 0.1) is 24.9 Å². The zero-order valence-electron chi connectivity index (χ0n) is 16.9. The van der Waals surface area contributed by atoms with Crippen molar-refractivity contribution in [1.29, 1.82) is 0 Å². The molecule has 1 aromatic heterocycles. The first-order chi connectivity index (χ1) is 14.9. The zero-order valence-corrected chi connectivity index (χ0v) is 17.7. The first kappa shape index (κ1) is 21.8. The Kier molecular flexibility index (Phi) is 7.17. The maximum absolute atomic E-state index is 12.3. The van der Waals surface area contributed by atoms with Crippen molar-refractivity contribution < 1.29 is 19.1 Å². The van der Waals surface area contributed by atoms with Crippen LogP contribution < -0.4 is 26.0 Å². The Bertz CT molecular complexity index is 1100. The van der Waals surface area contributed by atoms with Crippen LogP contribution in [0.15, 0.2) is 53.9 Å². The van der Waals surface area contributed by atoms with Crippen LogP contribution in [0.2, 0.25) is 0 Å². The Morgan fingerprint density at radius 1 is 0.968 bits per heavy atom. The van der Waals surface area contributed by atoms with Crippen LogP contribution in [0.5, 0.6) is 5.75 Å². The second-order valence-electron chi connectivity index (χ2n) is 6.41. The average Bonchev–Trinajstić information content (AvgIpc) is 3.14. The lowest BCUT2D eigenvalue weighted by atomic mass is 10.2. The summed E-state index contributed by atoms with van der Waals surface area (Å²) in [6, 6.07) is 13.4. The van der Waals surface area contributed by atoms with Crippen LogP contribution >= 0.6 is 11.3 Å². The minimum Gasteiger partial charge on any atom is -0.495 e. The number of nitrogens with zero attached hydrogens (tertiary/aromatic N) is 1. The highest BCUT2D eigenvalue weighted by Gasteiger charge is 2.12. The predicted octanol–water partition coefficient (Wildman–Crippen LogP) is 3.94. The molecular formula is C21H21N5O4S. The van der Waals surface area contributed by atoms with Gasteiger partial charge in [-0.25, -0.2) is 9.78 Å². The summed E-state index contributed by atoms with van der Waals surface area (Å²) in [6.45, 7) is 1.41. The number of thiazole rings is 1. The van der Waals surface area contributed by atoms with Crippen molar-refractivity contribution in [3.05, 3.63) is 59.6 Å². The van der Waals surface area contributed by atoms with Crippen LogP contribution in [0.25, 0.3) is 0 Å². The number of ether oxygens (including phenoxy) is 1. The third-order valence-corrected chi connectivity index (χ3v) is 4.74. The Morgan fingerprint density at radius 3 is 2.45 bits per heavy atom. The average molecular weight is 439 g/mol. The number of urea groups is 1. The van der Waals surface area contributed by atoms with Gasteiger partial charge in [-0.3, -0.25) is 14.9 Å². The number of para-hydroxylation sites is 2. The molecule has 0 unspecified atom stereocenters. The van der Waals surface area contributed by atoms with Crippen molar-refractivity contribution in [2.24, 2.45) is 0 Å². The van der Waals surface area contributed by atoms with E-state index in [1.165, 1.54) is 25.4 Å². The Hall–Kier alpha value is -3.92. The number of hydrogen-bond acceptors (Lipinski definition) is 6. The fourth-order valence-electron chi connectivity index (χ4n) is 2.69. The number of amides is 4. The highest BCUT2D eigenvalue weighted by Crippen LogP contribution is 2.24. The molecule has 0 aliphatic rings. The summed E-state index contributed by atoms with van der Waals surface area (Å²) >= 11 is 1.21. The lowest BCUT2D eigenvalue weighted by Gasteiger charge is -2.09. The van der Waals surface area contributed by atoms with Gasteiger partial charge in [-0.1, -0.05) is 18.2 Å². The van der Waals surface area contributed by atoms with Gasteiger partial charge in [0.25, 0.3) is 0 Å². The van der Waals surface area contributed by atoms with Gasteiger partial charge in [0.15, 0.2) is 5.13 Å². The topological polar surface area (TPSA) is 121 Å². The second-order valence-corrected chi connectivity index (χ2v) is 7.27. The minimum atomic E-state index is -0.468. The van der Waals surface area contributed by atoms with Gasteiger partial charge < -0.3 is 20.7 Å². The number of benzene rings is 2. The molecule has 3 aromatic rings. The highest BCUT2D eigenvalue weighted by atomic mass is 32.1. The number of nitrogens with one attached hydrogen (secondary N) is 4. The second kappa shape index (κ2) is 10.2. The SMILES string of the molecule is COc1ccccc1NC(=O)Nc1nc(CC(=O)Nc2cccc(NC(C)=O)c2)cs1. The third-order valence-electron chi connectivity index (χ3n) is 3.94. The molecule has 2 aromatic carbocycles. The molecule has 4 amide bonds. The van der Waals surface area contributed by atoms with E-state index in [4.69, 9.17) is 4.74 Å². The molecule has 0 bridgehead atoms. The van der Waals surface area contributed by atoms with Crippen LogP contribution in [-0.4, -0.2) is 29.9 Å². The third kappa shape index (κ3) is 6.54. The molecule has 160 valence electrons. The molecule has 0 radical (unpaired) electrons. The molecule has 31 heavy (non-hydrogen) atoms. The fourth-order valence-corrected chi connectivity index (χ4v) is 3.40. The molecule has 4 N–H and O–H groups in total. The quantitative estimate of drug-likeness (QED) is 0.444. The molecule has 10 heteroatoms. The van der Waals surface area contributed by atoms with E-state index >= 15 is 0 Å². The van der Waals surface area contributed by atoms with Gasteiger partial charge in [-0.2, -0.15) is 0 Å². The van der Waals surface area contributed by atoms with Gasteiger partial charge in [0.2, 0.25) is 11.8 Å². The number of rotatable bonds is 7. The maximum atomic E-state index is 12.3. The predicted molar refractivity (Wildman–Crippen MR) is 121 cm³/mol. The molecule has 0 saturated heterocycles. The van der Waals surface area contributed by atoms with Crippen LogP contribution in [0.3, 0.4) is 0 Å². The largest absolute Gasteiger partial charge is 0.495 e. The summed E-state index contributed by atoms with van der Waals surface area (Å²) in [5.74, 6) is 0.0766. The molecule has 0 fully saturated rings. The molecular weight excluding hydrogens is 418 g/mol. The van der Waals surface area contributed by atoms with Crippen molar-refractivity contribution >= 4 is 51.4 Å². The van der Waals surface area contributed by atoms with Crippen molar-refractivity contribution in [2.45, 2.75) is 13.3 Å². The van der Waals surface area contributed by atoms with E-state index < -0.39 is 6.03 Å². The van der Waals surface area contributed by atoms with Gasteiger partial charge in [0, 0.05) is 23.7 Å². The van der Waals surface area contributed by atoms with E-state index in [0.29, 0.717) is 33.6 Å². The molecule has 3 rings (SSSR count). The zero-order chi connectivity index (χ0) is 22.2. The summed E-state index contributed by atoms with van der Waals surface area (Å²) in [7, 11) is 1.52. The summed E-state index contributed by atoms with van der Waals surface area (Å²) < 4.78 is 5.20. The number of carbonyl (C=O) groups excluding carboxylic acids is 3. The molecule has 9 nitrogen and oxygen atoms in total. The molecule has 0 atom stereocenters. The van der Waals surface area contributed by atoms with Gasteiger partial charge in [-0.05, 0) is 30.3 Å². The number of aromatic nitrogens is 1. The highest BCUT2D eigenvalue weighted by molar-refractivity contribution is 7.14. The van der Waals surface area contributed by atoms with Crippen molar-refractivity contribution in [2.75, 3.05) is 28.4 Å². The van der Waals surface area contributed by atoms with Crippen LogP contribution in [0.4, 0.5) is 27.0 Å². The van der Waals surface area contributed by atoms with Gasteiger partial charge >= 0.3 is 6.03 Å². The minimum absolute atomic E-state index is 0.0384. The lowest BCUT2D eigenvalue weighted by Crippen LogP contribution is -2.20. The van der Waals surface area contributed by atoms with E-state index in [-0.39, 0.29) is 18.2 Å². The van der Waals surface area contributed by atoms with Gasteiger partial charge in [0.1, 0.15) is 5.75 Å². The van der Waals surface area contributed by atoms with E-state index in [0.717, 1.165) is 0 Å². The molecule has 0 aliphatic heterocycles. The van der Waals surface area contributed by atoms with E-state index in [1.807, 2.05) is 0 Å². The molecule has 0 saturated carbocycles. The number of methoxy groups -OCH3 is 1. The normalized spacial score (nSPS) is 10.1. The Balaban J connectivity index is 1.54. The van der Waals surface area contributed by atoms with Gasteiger partial charge in [-0.15, -0.1) is 11.3 Å². The lowest BCUT2D eigenvalue weighted by molar-refractivity contribution is -0.116. The maximum Gasteiger partial charge on any atom is 0.325 e. The van der Waals surface area contributed by atoms with E-state index in [2.05, 4.69) is 26.3 Å². The van der Waals surface area contributed by atoms with E-state index in [9.17, 15) is 14.4 Å². The number of anilines is 4. The summed E-state index contributed by atoms with van der Waals surface area (Å²) in [5.41, 5.74) is 2.20. The van der Waals surface area contributed by atoms with Crippen molar-refractivity contribution in [3.8, 4) is 5.75 Å². The van der Waals surface area contributed by atoms with Crippen LogP contribution in [-0.2, 0) is 16.0 Å². The first-order valence-electron chi connectivity index (χ1n) is 9.26. The number of hydrogen-bond donors (Lipinski definition) is 4. The fraction of sp³-hybridized carbons (Fsp3) is 0.143. The monoisotopic (exact) mass is 439 g/mol. The molecule has 0 aliphatic carbocycles. The Labute approximate surface area is 182 Å². The summed E-state index contributed by atoms with van der Waals surface area (Å²) in [4.78, 5) is 39.9. The molecule has 1 heterocycles. The smallest absolute Gasteiger partial charge is 0.325 e. The summed E-state index contributed by atoms with van der Waals surface area (Å²) in [5, 5.41) is 12.8. The number of carbonyl (C=O) groups is 3.